The first-order chi connectivity index (χ1) is 12.2. The summed E-state index contributed by atoms with van der Waals surface area (Å²) in [4.78, 5) is 23.2. The Hall–Kier alpha value is -2.86. The van der Waals surface area contributed by atoms with Gasteiger partial charge in [-0.3, -0.25) is 4.79 Å². The molecule has 1 aliphatic heterocycles. The van der Waals surface area contributed by atoms with Crippen LogP contribution in [0.15, 0.2) is 42.6 Å². The summed E-state index contributed by atoms with van der Waals surface area (Å²) in [5.41, 5.74) is 4.77. The first-order valence-corrected chi connectivity index (χ1v) is 8.47. The Balaban J connectivity index is 1.57. The first kappa shape index (κ1) is 15.7. The van der Waals surface area contributed by atoms with E-state index in [2.05, 4.69) is 56.4 Å². The molecule has 2 N–H and O–H groups in total. The van der Waals surface area contributed by atoms with Crippen molar-refractivity contribution >= 4 is 28.8 Å². The number of hydrogen-bond acceptors (Lipinski definition) is 4. The summed E-state index contributed by atoms with van der Waals surface area (Å²) in [6.07, 6.45) is 2.43. The molecule has 0 unspecified atom stereocenters. The zero-order chi connectivity index (χ0) is 17.2. The molecule has 2 aromatic heterocycles. The van der Waals surface area contributed by atoms with Crippen molar-refractivity contribution in [2.24, 2.45) is 0 Å². The quantitative estimate of drug-likeness (QED) is 0.719. The molecule has 0 bridgehead atoms. The molecule has 1 fully saturated rings. The molecule has 3 heterocycles. The van der Waals surface area contributed by atoms with Gasteiger partial charge in [0.05, 0.1) is 11.4 Å². The topological polar surface area (TPSA) is 64.3 Å². The van der Waals surface area contributed by atoms with Crippen molar-refractivity contribution in [2.45, 2.75) is 0 Å². The molecule has 3 aromatic rings. The highest BCUT2D eigenvalue weighted by Gasteiger charge is 2.14. The molecular formula is C19H21N5O. The van der Waals surface area contributed by atoms with E-state index in [1.807, 2.05) is 12.1 Å². The number of nitrogens with one attached hydrogen (secondary N) is 2. The van der Waals surface area contributed by atoms with E-state index in [0.29, 0.717) is 6.41 Å². The number of anilines is 2. The molecule has 6 heteroatoms. The molecule has 0 spiro atoms. The summed E-state index contributed by atoms with van der Waals surface area (Å²) < 4.78 is 0. The number of amides is 1. The fraction of sp³-hybridized carbons (Fsp3) is 0.263. The number of rotatable bonds is 4. The number of carbonyl (C=O) groups excluding carboxylic acids is 1. The maximum atomic E-state index is 10.6. The van der Waals surface area contributed by atoms with E-state index < -0.39 is 0 Å². The van der Waals surface area contributed by atoms with Crippen molar-refractivity contribution in [3.8, 4) is 11.3 Å². The average molecular weight is 335 g/mol. The molecule has 0 radical (unpaired) electrons. The lowest BCUT2D eigenvalue weighted by molar-refractivity contribution is -0.105. The third-order valence-electron chi connectivity index (χ3n) is 4.78. The molecule has 0 saturated carbocycles. The second kappa shape index (κ2) is 6.57. The number of pyridine rings is 1. The summed E-state index contributed by atoms with van der Waals surface area (Å²) in [5, 5.41) is 3.58. The van der Waals surface area contributed by atoms with Crippen LogP contribution in [0.1, 0.15) is 0 Å². The van der Waals surface area contributed by atoms with Gasteiger partial charge in [-0.25, -0.2) is 4.98 Å². The maximum absolute atomic E-state index is 10.6. The highest BCUT2D eigenvalue weighted by atomic mass is 16.1. The van der Waals surface area contributed by atoms with Crippen molar-refractivity contribution in [1.82, 2.24) is 14.9 Å². The number of carbonyl (C=O) groups is 1. The Bertz CT molecular complexity index is 878. The van der Waals surface area contributed by atoms with Crippen LogP contribution in [0.25, 0.3) is 22.3 Å². The van der Waals surface area contributed by atoms with Gasteiger partial charge in [-0.15, -0.1) is 0 Å². The van der Waals surface area contributed by atoms with Crippen LogP contribution < -0.4 is 10.2 Å². The van der Waals surface area contributed by atoms with Gasteiger partial charge in [-0.2, -0.15) is 0 Å². The predicted octanol–water partition coefficient (Wildman–Crippen LogP) is 2.55. The standard InChI is InChI=1S/C19H21N5O/c1-23-8-10-24(11-9-23)15-4-2-14(3-5-15)17-7-6-16-18(21-13-25)12-20-19(16)22-17/h2-7,12-13H,8-11H2,1H3,(H,20,22)(H,21,25). The number of fused-ring (bicyclic) bond motifs is 1. The molecule has 1 saturated heterocycles. The van der Waals surface area contributed by atoms with Gasteiger partial charge in [0.2, 0.25) is 6.41 Å². The molecule has 25 heavy (non-hydrogen) atoms. The van der Waals surface area contributed by atoms with Gasteiger partial charge in [0.15, 0.2) is 0 Å². The van der Waals surface area contributed by atoms with Gasteiger partial charge in [-0.1, -0.05) is 12.1 Å². The van der Waals surface area contributed by atoms with Crippen molar-refractivity contribution in [3.05, 3.63) is 42.6 Å². The lowest BCUT2D eigenvalue weighted by Crippen LogP contribution is -2.44. The van der Waals surface area contributed by atoms with E-state index in [1.54, 1.807) is 6.20 Å². The van der Waals surface area contributed by atoms with E-state index >= 15 is 0 Å². The van der Waals surface area contributed by atoms with Crippen LogP contribution >= 0.6 is 0 Å². The Morgan fingerprint density at radius 2 is 1.84 bits per heavy atom. The second-order valence-electron chi connectivity index (χ2n) is 6.39. The molecule has 1 aliphatic rings. The number of piperazine rings is 1. The van der Waals surface area contributed by atoms with Crippen LogP contribution in [0.4, 0.5) is 11.4 Å². The van der Waals surface area contributed by atoms with Crippen molar-refractivity contribution < 1.29 is 4.79 Å². The van der Waals surface area contributed by atoms with Gasteiger partial charge < -0.3 is 20.1 Å². The number of nitrogens with zero attached hydrogens (tertiary/aromatic N) is 3. The zero-order valence-electron chi connectivity index (χ0n) is 14.2. The van der Waals surface area contributed by atoms with Gasteiger partial charge in [0.25, 0.3) is 0 Å². The van der Waals surface area contributed by atoms with Gasteiger partial charge in [0, 0.05) is 49.0 Å². The number of benzene rings is 1. The minimum absolute atomic E-state index is 0.674. The normalized spacial score (nSPS) is 15.5. The summed E-state index contributed by atoms with van der Waals surface area (Å²) in [6, 6.07) is 12.5. The second-order valence-corrected chi connectivity index (χ2v) is 6.39. The summed E-state index contributed by atoms with van der Waals surface area (Å²) >= 11 is 0. The van der Waals surface area contributed by atoms with E-state index in [4.69, 9.17) is 0 Å². The minimum Gasteiger partial charge on any atom is -0.369 e. The van der Waals surface area contributed by atoms with Crippen LogP contribution in [0, 0.1) is 0 Å². The van der Waals surface area contributed by atoms with Crippen molar-refractivity contribution in [1.29, 1.82) is 0 Å². The Morgan fingerprint density at radius 3 is 2.56 bits per heavy atom. The first-order valence-electron chi connectivity index (χ1n) is 8.47. The fourth-order valence-corrected chi connectivity index (χ4v) is 3.26. The van der Waals surface area contributed by atoms with Crippen LogP contribution in [0.2, 0.25) is 0 Å². The Kier molecular flexibility index (Phi) is 4.11. The van der Waals surface area contributed by atoms with Gasteiger partial charge >= 0.3 is 0 Å². The highest BCUT2D eigenvalue weighted by Crippen LogP contribution is 2.27. The zero-order valence-corrected chi connectivity index (χ0v) is 14.2. The van der Waals surface area contributed by atoms with E-state index in [9.17, 15) is 4.79 Å². The lowest BCUT2D eigenvalue weighted by Gasteiger charge is -2.34. The summed E-state index contributed by atoms with van der Waals surface area (Å²) in [6.45, 7) is 4.33. The van der Waals surface area contributed by atoms with E-state index in [1.165, 1.54) is 5.69 Å². The summed E-state index contributed by atoms with van der Waals surface area (Å²) in [5.74, 6) is 0. The predicted molar refractivity (Wildman–Crippen MR) is 101 cm³/mol. The molecular weight excluding hydrogens is 314 g/mol. The van der Waals surface area contributed by atoms with Crippen LogP contribution in [0.3, 0.4) is 0 Å². The van der Waals surface area contributed by atoms with Crippen LogP contribution in [-0.2, 0) is 4.79 Å². The highest BCUT2D eigenvalue weighted by molar-refractivity contribution is 5.95. The van der Waals surface area contributed by atoms with Crippen LogP contribution in [0.5, 0.6) is 0 Å². The van der Waals surface area contributed by atoms with Gasteiger partial charge in [0.1, 0.15) is 5.65 Å². The molecule has 6 nitrogen and oxygen atoms in total. The Labute approximate surface area is 146 Å². The minimum atomic E-state index is 0.674. The molecule has 4 rings (SSSR count). The van der Waals surface area contributed by atoms with E-state index in [0.717, 1.165) is 54.2 Å². The van der Waals surface area contributed by atoms with Crippen LogP contribution in [-0.4, -0.2) is 54.5 Å². The molecule has 0 atom stereocenters. The molecule has 128 valence electrons. The largest absolute Gasteiger partial charge is 0.369 e. The third kappa shape index (κ3) is 3.08. The average Bonchev–Trinajstić information content (AvgIpc) is 3.05. The number of hydrogen-bond donors (Lipinski definition) is 2. The number of aromatic amines is 1. The lowest BCUT2D eigenvalue weighted by atomic mass is 10.1. The molecule has 0 aliphatic carbocycles. The third-order valence-corrected chi connectivity index (χ3v) is 4.78. The molecule has 1 aromatic carbocycles. The SMILES string of the molecule is CN1CCN(c2ccc(-c3ccc4c(NC=O)c[nH]c4n3)cc2)CC1. The number of likely N-dealkylation sites (N-methyl/N-ethyl adjacent to an activating group) is 1. The monoisotopic (exact) mass is 335 g/mol. The van der Waals surface area contributed by atoms with E-state index in [-0.39, 0.29) is 0 Å². The fourth-order valence-electron chi connectivity index (χ4n) is 3.26. The smallest absolute Gasteiger partial charge is 0.211 e. The number of aromatic nitrogens is 2. The van der Waals surface area contributed by atoms with Crippen molar-refractivity contribution in [2.75, 3.05) is 43.4 Å². The number of H-pyrrole nitrogens is 1. The van der Waals surface area contributed by atoms with Crippen molar-refractivity contribution in [3.63, 3.8) is 0 Å². The maximum Gasteiger partial charge on any atom is 0.211 e. The Morgan fingerprint density at radius 1 is 1.08 bits per heavy atom. The molecule has 1 amide bonds. The van der Waals surface area contributed by atoms with Gasteiger partial charge in [-0.05, 0) is 31.3 Å². The summed E-state index contributed by atoms with van der Waals surface area (Å²) in [7, 11) is 2.17.